The number of aromatic carboxylic acids is 1. The normalized spacial score (nSPS) is 11.4. The van der Waals surface area contributed by atoms with Crippen molar-refractivity contribution in [3.05, 3.63) is 28.5 Å². The number of anilines is 1. The smallest absolute Gasteiger partial charge is 0.413 e. The minimum Gasteiger partial charge on any atom is -0.478 e. The Balaban J connectivity index is 2.38. The molecule has 1 amide bonds. The van der Waals surface area contributed by atoms with Gasteiger partial charge in [0.05, 0.1) is 5.56 Å². The summed E-state index contributed by atoms with van der Waals surface area (Å²) < 4.78 is 7.02. The van der Waals surface area contributed by atoms with Crippen LogP contribution in [0.2, 0.25) is 0 Å². The molecular formula is C13H14BrN3O4. The van der Waals surface area contributed by atoms with Crippen LogP contribution < -0.4 is 5.32 Å². The van der Waals surface area contributed by atoms with Crippen molar-refractivity contribution in [2.45, 2.75) is 26.4 Å². The fourth-order valence-corrected chi connectivity index (χ4v) is 2.13. The van der Waals surface area contributed by atoms with E-state index >= 15 is 0 Å². The molecule has 0 aliphatic heterocycles. The van der Waals surface area contributed by atoms with Crippen molar-refractivity contribution in [3.8, 4) is 0 Å². The molecule has 2 heterocycles. The molecule has 2 aromatic heterocycles. The molecule has 2 aromatic rings. The Morgan fingerprint density at radius 3 is 2.62 bits per heavy atom. The Morgan fingerprint density at radius 1 is 1.38 bits per heavy atom. The highest BCUT2D eigenvalue weighted by atomic mass is 79.9. The lowest BCUT2D eigenvalue weighted by Crippen LogP contribution is -2.27. The van der Waals surface area contributed by atoms with Crippen LogP contribution >= 0.6 is 15.9 Å². The molecule has 0 spiro atoms. The largest absolute Gasteiger partial charge is 0.478 e. The predicted octanol–water partition coefficient (Wildman–Crippen LogP) is 3.14. The summed E-state index contributed by atoms with van der Waals surface area (Å²) in [5.74, 6) is -0.757. The highest BCUT2D eigenvalue weighted by molar-refractivity contribution is 9.10. The minimum atomic E-state index is -1.06. The summed E-state index contributed by atoms with van der Waals surface area (Å²) in [6, 6.07) is 2.99. The Kier molecular flexibility index (Phi) is 3.91. The zero-order chi connectivity index (χ0) is 15.8. The third kappa shape index (κ3) is 3.52. The molecule has 2 N–H and O–H groups in total. The summed E-state index contributed by atoms with van der Waals surface area (Å²) in [5.41, 5.74) is -0.0546. The van der Waals surface area contributed by atoms with Crippen LogP contribution in [0.25, 0.3) is 5.65 Å². The first kappa shape index (κ1) is 15.3. The minimum absolute atomic E-state index is 0.0830. The van der Waals surface area contributed by atoms with E-state index in [1.807, 2.05) is 0 Å². The molecule has 0 bridgehead atoms. The molecular weight excluding hydrogens is 342 g/mol. The highest BCUT2D eigenvalue weighted by Crippen LogP contribution is 2.24. The second kappa shape index (κ2) is 5.36. The molecule has 112 valence electrons. The van der Waals surface area contributed by atoms with Crippen LogP contribution in [0, 0.1) is 0 Å². The van der Waals surface area contributed by atoms with E-state index in [-0.39, 0.29) is 5.56 Å². The third-order valence-corrected chi connectivity index (χ3v) is 3.00. The number of carboxylic acid groups (broad SMARTS) is 1. The van der Waals surface area contributed by atoms with Gasteiger partial charge in [-0.2, -0.15) is 0 Å². The van der Waals surface area contributed by atoms with Crippen LogP contribution in [-0.4, -0.2) is 32.2 Å². The van der Waals surface area contributed by atoms with Gasteiger partial charge in [-0.25, -0.2) is 14.6 Å². The summed E-state index contributed by atoms with van der Waals surface area (Å²) in [5, 5.41) is 11.6. The van der Waals surface area contributed by atoms with Crippen LogP contribution in [0.3, 0.4) is 0 Å². The van der Waals surface area contributed by atoms with Gasteiger partial charge in [0.15, 0.2) is 5.82 Å². The number of aromatic nitrogens is 2. The van der Waals surface area contributed by atoms with Gasteiger partial charge >= 0.3 is 12.1 Å². The summed E-state index contributed by atoms with van der Waals surface area (Å²) in [4.78, 5) is 27.0. The van der Waals surface area contributed by atoms with Crippen molar-refractivity contribution >= 4 is 39.5 Å². The van der Waals surface area contributed by atoms with Crippen molar-refractivity contribution in [1.82, 2.24) is 9.38 Å². The highest BCUT2D eigenvalue weighted by Gasteiger charge is 2.20. The topological polar surface area (TPSA) is 92.9 Å². The van der Waals surface area contributed by atoms with Gasteiger partial charge in [0.2, 0.25) is 0 Å². The second-order valence-electron chi connectivity index (χ2n) is 5.33. The number of nitrogens with zero attached hydrogens (tertiary/aromatic N) is 2. The summed E-state index contributed by atoms with van der Waals surface area (Å²) in [7, 11) is 0. The molecule has 8 heteroatoms. The molecule has 21 heavy (non-hydrogen) atoms. The molecule has 0 radical (unpaired) electrons. The number of nitrogens with one attached hydrogen (secondary N) is 1. The van der Waals surface area contributed by atoms with Crippen molar-refractivity contribution in [2.24, 2.45) is 0 Å². The standard InChI is InChI=1S/C13H14BrN3O4/c1-13(2,3)21-12(20)16-10-9(14)15-8-5-4-7(11(18)19)6-17(8)10/h4-6H,1-3H3,(H,16,20)(H,18,19). The second-order valence-corrected chi connectivity index (χ2v) is 6.08. The fourth-order valence-electron chi connectivity index (χ4n) is 1.65. The zero-order valence-corrected chi connectivity index (χ0v) is 13.3. The number of hydrogen-bond acceptors (Lipinski definition) is 4. The lowest BCUT2D eigenvalue weighted by molar-refractivity contribution is 0.0633. The maximum absolute atomic E-state index is 11.8. The van der Waals surface area contributed by atoms with Crippen LogP contribution in [0.15, 0.2) is 22.9 Å². The average Bonchev–Trinajstić information content (AvgIpc) is 2.63. The monoisotopic (exact) mass is 355 g/mol. The first-order chi connectivity index (χ1) is 9.67. The molecule has 0 fully saturated rings. The Bertz CT molecular complexity index is 718. The SMILES string of the molecule is CC(C)(C)OC(=O)Nc1c(Br)nc2ccc(C(=O)O)cn12. The molecule has 0 saturated carbocycles. The van der Waals surface area contributed by atoms with E-state index in [1.54, 1.807) is 26.8 Å². The fraction of sp³-hybridized carbons (Fsp3) is 0.308. The van der Waals surface area contributed by atoms with Crippen molar-refractivity contribution < 1.29 is 19.4 Å². The van der Waals surface area contributed by atoms with Crippen LogP contribution in [-0.2, 0) is 4.74 Å². The van der Waals surface area contributed by atoms with E-state index in [9.17, 15) is 9.59 Å². The summed E-state index contributed by atoms with van der Waals surface area (Å²) in [6.07, 6.45) is 0.730. The maximum Gasteiger partial charge on any atom is 0.413 e. The van der Waals surface area contributed by atoms with Crippen LogP contribution in [0.5, 0.6) is 0 Å². The lowest BCUT2D eigenvalue weighted by atomic mass is 10.2. The quantitative estimate of drug-likeness (QED) is 0.862. The summed E-state index contributed by atoms with van der Waals surface area (Å²) >= 11 is 3.23. The molecule has 0 saturated heterocycles. The number of ether oxygens (including phenoxy) is 1. The number of amides is 1. The van der Waals surface area contributed by atoms with E-state index in [0.29, 0.717) is 16.1 Å². The van der Waals surface area contributed by atoms with Gasteiger partial charge in [-0.15, -0.1) is 0 Å². The number of pyridine rings is 1. The number of fused-ring (bicyclic) bond motifs is 1. The number of carbonyl (C=O) groups is 2. The van der Waals surface area contributed by atoms with E-state index in [2.05, 4.69) is 26.2 Å². The third-order valence-electron chi connectivity index (χ3n) is 2.44. The van der Waals surface area contributed by atoms with Gasteiger partial charge in [-0.3, -0.25) is 9.72 Å². The number of carbonyl (C=O) groups excluding carboxylic acids is 1. The number of carboxylic acids is 1. The van der Waals surface area contributed by atoms with E-state index in [1.165, 1.54) is 16.7 Å². The molecule has 0 aromatic carbocycles. The summed E-state index contributed by atoms with van der Waals surface area (Å²) in [6.45, 7) is 5.25. The maximum atomic E-state index is 11.8. The number of hydrogen-bond donors (Lipinski definition) is 2. The van der Waals surface area contributed by atoms with Crippen molar-refractivity contribution in [1.29, 1.82) is 0 Å². The van der Waals surface area contributed by atoms with E-state index < -0.39 is 17.7 Å². The van der Waals surface area contributed by atoms with Crippen LogP contribution in [0.4, 0.5) is 10.6 Å². The van der Waals surface area contributed by atoms with Gasteiger partial charge in [0.25, 0.3) is 0 Å². The molecule has 0 aliphatic rings. The average molecular weight is 356 g/mol. The Labute approximate surface area is 129 Å². The van der Waals surface area contributed by atoms with Gasteiger partial charge in [0.1, 0.15) is 15.9 Å². The molecule has 0 atom stereocenters. The molecule has 2 rings (SSSR count). The van der Waals surface area contributed by atoms with Gasteiger partial charge in [-0.1, -0.05) is 0 Å². The predicted molar refractivity (Wildman–Crippen MR) is 79.7 cm³/mol. The molecule has 0 aliphatic carbocycles. The number of rotatable bonds is 2. The van der Waals surface area contributed by atoms with E-state index in [4.69, 9.17) is 9.84 Å². The van der Waals surface area contributed by atoms with Crippen molar-refractivity contribution in [3.63, 3.8) is 0 Å². The number of halogens is 1. The Hall–Kier alpha value is -2.09. The first-order valence-corrected chi connectivity index (χ1v) is 6.87. The van der Waals surface area contributed by atoms with Crippen molar-refractivity contribution in [2.75, 3.05) is 5.32 Å². The lowest BCUT2D eigenvalue weighted by Gasteiger charge is -2.19. The Morgan fingerprint density at radius 2 is 2.05 bits per heavy atom. The molecule has 0 unspecified atom stereocenters. The zero-order valence-electron chi connectivity index (χ0n) is 11.7. The van der Waals surface area contributed by atoms with Gasteiger partial charge in [-0.05, 0) is 48.8 Å². The van der Waals surface area contributed by atoms with Gasteiger partial charge < -0.3 is 9.84 Å². The van der Waals surface area contributed by atoms with Crippen LogP contribution in [0.1, 0.15) is 31.1 Å². The van der Waals surface area contributed by atoms with Gasteiger partial charge in [0, 0.05) is 6.20 Å². The molecule has 7 nitrogen and oxygen atoms in total. The first-order valence-electron chi connectivity index (χ1n) is 6.08. The number of imidazole rings is 1. The van der Waals surface area contributed by atoms with E-state index in [0.717, 1.165) is 0 Å².